The number of nitrogens with zero attached hydrogens (tertiary/aromatic N) is 1. The van der Waals surface area contributed by atoms with E-state index in [2.05, 4.69) is 0 Å². The van der Waals surface area contributed by atoms with Gasteiger partial charge in [0.1, 0.15) is 6.23 Å². The maximum Gasteiger partial charge on any atom is 0.127 e. The minimum absolute atomic E-state index is 0.332. The molecule has 1 unspecified atom stereocenters. The van der Waals surface area contributed by atoms with E-state index in [9.17, 15) is 5.11 Å². The molecule has 0 heterocycles. The summed E-state index contributed by atoms with van der Waals surface area (Å²) in [5.74, 6) is 0. The normalized spacial score (nSPS) is 12.5. The molecule has 0 fully saturated rings. The van der Waals surface area contributed by atoms with Gasteiger partial charge in [-0.05, 0) is 18.6 Å². The fraction of sp³-hybridized carbons (Fsp3) is 0.400. The van der Waals surface area contributed by atoms with Crippen molar-refractivity contribution in [3.63, 3.8) is 0 Å². The number of nitrogens with two attached hydrogens (primary N) is 1. The standard InChI is InChI=1S/C10H16N2O/c1-2-10(13)12(8-11)9-6-4-3-5-7-9/h3-7,10,13H,2,8,11H2,1H3. The van der Waals surface area contributed by atoms with Crippen LogP contribution in [0.4, 0.5) is 5.69 Å². The van der Waals surface area contributed by atoms with Crippen LogP contribution in [0.15, 0.2) is 30.3 Å². The van der Waals surface area contributed by atoms with Crippen molar-refractivity contribution in [2.24, 2.45) is 5.73 Å². The molecule has 1 aromatic rings. The van der Waals surface area contributed by atoms with Crippen LogP contribution in [0.2, 0.25) is 0 Å². The molecule has 13 heavy (non-hydrogen) atoms. The van der Waals surface area contributed by atoms with E-state index in [1.807, 2.05) is 37.3 Å². The SMILES string of the molecule is CCC(O)N(CN)c1ccccc1. The first-order valence-electron chi connectivity index (χ1n) is 4.49. The summed E-state index contributed by atoms with van der Waals surface area (Å²) in [6.07, 6.45) is 0.180. The van der Waals surface area contributed by atoms with Gasteiger partial charge >= 0.3 is 0 Å². The second-order valence-electron chi connectivity index (χ2n) is 2.88. The van der Waals surface area contributed by atoms with Crippen molar-refractivity contribution in [1.29, 1.82) is 0 Å². The molecule has 0 bridgehead atoms. The summed E-state index contributed by atoms with van der Waals surface area (Å²) in [5, 5.41) is 9.62. The average molecular weight is 180 g/mol. The van der Waals surface area contributed by atoms with Crippen molar-refractivity contribution in [3.05, 3.63) is 30.3 Å². The second kappa shape index (κ2) is 4.84. The van der Waals surface area contributed by atoms with Crippen molar-refractivity contribution >= 4 is 5.69 Å². The fourth-order valence-corrected chi connectivity index (χ4v) is 1.24. The zero-order valence-corrected chi connectivity index (χ0v) is 7.85. The molecule has 0 aromatic heterocycles. The highest BCUT2D eigenvalue weighted by atomic mass is 16.3. The van der Waals surface area contributed by atoms with Crippen LogP contribution in [0.3, 0.4) is 0 Å². The van der Waals surface area contributed by atoms with Gasteiger partial charge in [-0.25, -0.2) is 0 Å². The summed E-state index contributed by atoms with van der Waals surface area (Å²) < 4.78 is 0. The van der Waals surface area contributed by atoms with E-state index in [0.717, 1.165) is 5.69 Å². The van der Waals surface area contributed by atoms with Crippen molar-refractivity contribution in [3.8, 4) is 0 Å². The molecule has 0 aliphatic rings. The number of anilines is 1. The Morgan fingerprint density at radius 2 is 2.00 bits per heavy atom. The molecule has 1 aromatic carbocycles. The second-order valence-corrected chi connectivity index (χ2v) is 2.88. The van der Waals surface area contributed by atoms with E-state index in [0.29, 0.717) is 13.1 Å². The third-order valence-corrected chi connectivity index (χ3v) is 2.01. The van der Waals surface area contributed by atoms with E-state index >= 15 is 0 Å². The highest BCUT2D eigenvalue weighted by Crippen LogP contribution is 2.15. The van der Waals surface area contributed by atoms with Crippen LogP contribution in [-0.4, -0.2) is 18.0 Å². The predicted molar refractivity (Wildman–Crippen MR) is 54.3 cm³/mol. The molecular formula is C10H16N2O. The number of benzene rings is 1. The van der Waals surface area contributed by atoms with E-state index < -0.39 is 6.23 Å². The molecule has 3 N–H and O–H groups in total. The number of para-hydroxylation sites is 1. The smallest absolute Gasteiger partial charge is 0.127 e. The Bertz CT molecular complexity index is 238. The van der Waals surface area contributed by atoms with Crippen LogP contribution in [0, 0.1) is 0 Å². The topological polar surface area (TPSA) is 49.5 Å². The first-order chi connectivity index (χ1) is 6.29. The molecule has 0 aliphatic carbocycles. The molecule has 0 radical (unpaired) electrons. The maximum absolute atomic E-state index is 9.62. The average Bonchev–Trinajstić information content (AvgIpc) is 2.20. The first kappa shape index (κ1) is 10.0. The lowest BCUT2D eigenvalue weighted by Gasteiger charge is -2.27. The maximum atomic E-state index is 9.62. The number of hydrogen-bond donors (Lipinski definition) is 2. The van der Waals surface area contributed by atoms with Crippen LogP contribution in [-0.2, 0) is 0 Å². The Hall–Kier alpha value is -1.06. The third kappa shape index (κ3) is 2.44. The van der Waals surface area contributed by atoms with Crippen molar-refractivity contribution in [2.75, 3.05) is 11.6 Å². The molecule has 72 valence electrons. The lowest BCUT2D eigenvalue weighted by molar-refractivity contribution is 0.165. The van der Waals surface area contributed by atoms with Crippen LogP contribution < -0.4 is 10.6 Å². The monoisotopic (exact) mass is 180 g/mol. The van der Waals surface area contributed by atoms with Crippen LogP contribution >= 0.6 is 0 Å². The lowest BCUT2D eigenvalue weighted by Crippen LogP contribution is -2.39. The molecular weight excluding hydrogens is 164 g/mol. The number of aliphatic hydroxyl groups excluding tert-OH is 1. The predicted octanol–water partition coefficient (Wildman–Crippen LogP) is 1.14. The molecule has 0 saturated carbocycles. The van der Waals surface area contributed by atoms with Crippen molar-refractivity contribution in [2.45, 2.75) is 19.6 Å². The molecule has 0 amide bonds. The van der Waals surface area contributed by atoms with Crippen LogP contribution in [0.5, 0.6) is 0 Å². The fourth-order valence-electron chi connectivity index (χ4n) is 1.24. The molecule has 1 atom stereocenters. The van der Waals surface area contributed by atoms with Crippen molar-refractivity contribution in [1.82, 2.24) is 0 Å². The summed E-state index contributed by atoms with van der Waals surface area (Å²) >= 11 is 0. The first-order valence-corrected chi connectivity index (χ1v) is 4.49. The Balaban J connectivity index is 2.78. The van der Waals surface area contributed by atoms with Crippen LogP contribution in [0.1, 0.15) is 13.3 Å². The Labute approximate surface area is 78.8 Å². The number of aliphatic hydroxyl groups is 1. The van der Waals surface area contributed by atoms with Gasteiger partial charge in [-0.2, -0.15) is 0 Å². The minimum Gasteiger partial charge on any atom is -0.374 e. The molecule has 3 nitrogen and oxygen atoms in total. The van der Waals surface area contributed by atoms with Gasteiger partial charge in [0.15, 0.2) is 0 Å². The van der Waals surface area contributed by atoms with Gasteiger partial charge in [0.05, 0.1) is 6.67 Å². The van der Waals surface area contributed by atoms with Gasteiger partial charge in [0.25, 0.3) is 0 Å². The molecule has 1 rings (SSSR count). The lowest BCUT2D eigenvalue weighted by atomic mass is 10.2. The Morgan fingerprint density at radius 3 is 2.46 bits per heavy atom. The zero-order chi connectivity index (χ0) is 9.68. The van der Waals surface area contributed by atoms with Gasteiger partial charge in [0, 0.05) is 5.69 Å². The summed E-state index contributed by atoms with van der Waals surface area (Å²) in [5.41, 5.74) is 6.50. The summed E-state index contributed by atoms with van der Waals surface area (Å²) in [6.45, 7) is 2.26. The zero-order valence-electron chi connectivity index (χ0n) is 7.85. The molecule has 0 saturated heterocycles. The number of rotatable bonds is 4. The van der Waals surface area contributed by atoms with E-state index in [4.69, 9.17) is 5.73 Å². The third-order valence-electron chi connectivity index (χ3n) is 2.01. The van der Waals surface area contributed by atoms with Gasteiger partial charge in [-0.3, -0.25) is 0 Å². The van der Waals surface area contributed by atoms with Crippen LogP contribution in [0.25, 0.3) is 0 Å². The quantitative estimate of drug-likeness (QED) is 0.683. The van der Waals surface area contributed by atoms with E-state index in [1.165, 1.54) is 0 Å². The Morgan fingerprint density at radius 1 is 1.38 bits per heavy atom. The van der Waals surface area contributed by atoms with Crippen molar-refractivity contribution < 1.29 is 5.11 Å². The summed E-state index contributed by atoms with van der Waals surface area (Å²) in [7, 11) is 0. The molecule has 0 aliphatic heterocycles. The summed E-state index contributed by atoms with van der Waals surface area (Å²) in [4.78, 5) is 1.76. The minimum atomic E-state index is -0.493. The highest BCUT2D eigenvalue weighted by molar-refractivity contribution is 5.46. The van der Waals surface area contributed by atoms with Gasteiger partial charge in [0.2, 0.25) is 0 Å². The molecule has 0 spiro atoms. The summed E-state index contributed by atoms with van der Waals surface area (Å²) in [6, 6.07) is 9.68. The van der Waals surface area contributed by atoms with E-state index in [1.54, 1.807) is 4.90 Å². The van der Waals surface area contributed by atoms with Gasteiger partial charge in [-0.1, -0.05) is 25.1 Å². The highest BCUT2D eigenvalue weighted by Gasteiger charge is 2.11. The van der Waals surface area contributed by atoms with Gasteiger partial charge < -0.3 is 15.7 Å². The van der Waals surface area contributed by atoms with Gasteiger partial charge in [-0.15, -0.1) is 0 Å². The van der Waals surface area contributed by atoms with E-state index in [-0.39, 0.29) is 0 Å². The Kier molecular flexibility index (Phi) is 3.73. The molecule has 3 heteroatoms. The largest absolute Gasteiger partial charge is 0.374 e. The number of hydrogen-bond acceptors (Lipinski definition) is 3.